The lowest BCUT2D eigenvalue weighted by molar-refractivity contribution is -0.402. The fourth-order valence-corrected chi connectivity index (χ4v) is 9.95. The van der Waals surface area contributed by atoms with Gasteiger partial charge >= 0.3 is 0 Å². The van der Waals surface area contributed by atoms with Crippen molar-refractivity contribution in [1.82, 2.24) is 21.3 Å². The number of aliphatic hydroxyl groups excluding tert-OH is 9. The molecule has 5 saturated heterocycles. The second-order valence-corrected chi connectivity index (χ2v) is 20.4. The molecule has 0 aromatic heterocycles. The molecule has 13 N–H and O–H groups in total. The molecule has 10 unspecified atom stereocenters. The van der Waals surface area contributed by atoms with E-state index in [0.29, 0.717) is 57.8 Å². The summed E-state index contributed by atoms with van der Waals surface area (Å²) in [5, 5.41) is 109. The summed E-state index contributed by atoms with van der Waals surface area (Å²) >= 11 is 0. The zero-order chi connectivity index (χ0) is 58.4. The van der Waals surface area contributed by atoms with Crippen LogP contribution >= 0.6 is 0 Å². The van der Waals surface area contributed by atoms with E-state index in [1.807, 2.05) is 0 Å². The molecule has 30 nitrogen and oxygen atoms in total. The van der Waals surface area contributed by atoms with Gasteiger partial charge in [0.05, 0.1) is 24.9 Å². The first-order valence-corrected chi connectivity index (χ1v) is 26.6. The second kappa shape index (κ2) is 31.1. The van der Waals surface area contributed by atoms with Gasteiger partial charge in [-0.1, -0.05) is 12.8 Å². The maximum Gasteiger partial charge on any atom is 0.295 e. The number of carbonyl (C=O) groups is 6. The summed E-state index contributed by atoms with van der Waals surface area (Å²) in [7, 11) is 1.56. The number of amides is 4. The minimum absolute atomic E-state index is 0.0807. The fourth-order valence-electron chi connectivity index (χ4n) is 9.95. The lowest BCUT2D eigenvalue weighted by atomic mass is 9.93. The van der Waals surface area contributed by atoms with Gasteiger partial charge in [0.15, 0.2) is 31.5 Å². The zero-order valence-corrected chi connectivity index (χ0v) is 45.3. The lowest BCUT2D eigenvalue weighted by Gasteiger charge is -2.52. The van der Waals surface area contributed by atoms with Crippen LogP contribution < -0.4 is 21.3 Å². The van der Waals surface area contributed by atoms with Crippen molar-refractivity contribution in [1.29, 1.82) is 0 Å². The van der Waals surface area contributed by atoms with Crippen LogP contribution in [0, 0.1) is 0 Å². The number of unbranched alkanes of at least 4 members (excludes halogenated alkanes) is 4. The highest BCUT2D eigenvalue weighted by atomic mass is 16.8. The van der Waals surface area contributed by atoms with Crippen LogP contribution in [-0.2, 0) is 80.9 Å². The Hall–Kier alpha value is -3.74. The standard InChI is InChI=1S/C49H82N4O26/c1-20-32(61)35(64)29(51-23(4)56)45(72-20)78-43-37(66)39(68)47(70-19-55)79-49(43)77-42-31(53-25(6)58)46(73-22(3)40(42)75-48-38(67)36(65)34(63)27(18-54)74-48)76-41-30(52-24(5)57)44(71-21(2)33(41)62)69-17-13-9-8-10-14-26(59)15-11-12-16-28(60)50-7/h19-22,27,29-49,54,61-68H,8-18H2,1-7H3,(H,50,60)(H,51,56)(H,52,57)(H,53,58)/t20?,21?,22?,27?,29?,30?,31?,32-,33-,34-,35-,36+,37+,38?,39+,40-,41-,42-,43?,44-,45+,46+,47?,48+,49-/m1/s1. The van der Waals surface area contributed by atoms with Crippen molar-refractivity contribution < 1.29 is 127 Å². The zero-order valence-electron chi connectivity index (χ0n) is 45.3. The molecule has 0 radical (unpaired) electrons. The van der Waals surface area contributed by atoms with Crippen molar-refractivity contribution in [3.8, 4) is 0 Å². The van der Waals surface area contributed by atoms with E-state index >= 15 is 0 Å². The normalized spacial score (nSPS) is 40.6. The van der Waals surface area contributed by atoms with Gasteiger partial charge in [0.2, 0.25) is 29.9 Å². The molecule has 5 aliphatic rings. The van der Waals surface area contributed by atoms with E-state index < -0.39 is 178 Å². The highest BCUT2D eigenvalue weighted by molar-refractivity contribution is 5.78. The molecule has 0 saturated carbocycles. The van der Waals surface area contributed by atoms with Crippen LogP contribution in [0.1, 0.15) is 99.3 Å². The van der Waals surface area contributed by atoms with Crippen LogP contribution in [0.2, 0.25) is 0 Å². The van der Waals surface area contributed by atoms with Gasteiger partial charge in [-0.15, -0.1) is 0 Å². The molecule has 30 heteroatoms. The molecule has 79 heavy (non-hydrogen) atoms. The van der Waals surface area contributed by atoms with E-state index in [2.05, 4.69) is 21.3 Å². The molecule has 0 aromatic rings. The summed E-state index contributed by atoms with van der Waals surface area (Å²) in [4.78, 5) is 74.1. The number of ether oxygens (including phenoxy) is 11. The molecule has 0 aliphatic carbocycles. The first-order valence-electron chi connectivity index (χ1n) is 26.6. The molecule has 5 rings (SSSR count). The second-order valence-electron chi connectivity index (χ2n) is 20.4. The molecule has 454 valence electrons. The smallest absolute Gasteiger partial charge is 0.295 e. The Bertz CT molecular complexity index is 1960. The Labute approximate surface area is 456 Å². The molecule has 0 aromatic carbocycles. The summed E-state index contributed by atoms with van der Waals surface area (Å²) in [6.07, 6.45) is -32.9. The van der Waals surface area contributed by atoms with E-state index in [9.17, 15) is 74.7 Å². The van der Waals surface area contributed by atoms with Crippen LogP contribution in [0.25, 0.3) is 0 Å². The Morgan fingerprint density at radius 2 is 0.975 bits per heavy atom. The first-order chi connectivity index (χ1) is 37.4. The third-order valence-corrected chi connectivity index (χ3v) is 14.3. The number of nitrogens with one attached hydrogen (secondary N) is 4. The van der Waals surface area contributed by atoms with Crippen LogP contribution in [0.3, 0.4) is 0 Å². The molecule has 4 amide bonds. The molecule has 5 heterocycles. The minimum Gasteiger partial charge on any atom is -0.435 e. The van der Waals surface area contributed by atoms with Gasteiger partial charge in [0.1, 0.15) is 103 Å². The van der Waals surface area contributed by atoms with E-state index in [1.165, 1.54) is 27.7 Å². The number of hydrogen-bond donors (Lipinski definition) is 13. The Kier molecular flexibility index (Phi) is 26.0. The molecule has 0 spiro atoms. The van der Waals surface area contributed by atoms with Crippen LogP contribution in [0.5, 0.6) is 0 Å². The van der Waals surface area contributed by atoms with Crippen molar-refractivity contribution in [2.75, 3.05) is 20.3 Å². The third-order valence-electron chi connectivity index (χ3n) is 14.3. The maximum absolute atomic E-state index is 13.3. The van der Waals surface area contributed by atoms with E-state index in [1.54, 1.807) is 7.05 Å². The van der Waals surface area contributed by atoms with Crippen LogP contribution in [0.15, 0.2) is 0 Å². The highest BCUT2D eigenvalue weighted by Crippen LogP contribution is 2.38. The summed E-state index contributed by atoms with van der Waals surface area (Å²) in [6.45, 7) is 6.75. The molecular formula is C49H82N4O26. The van der Waals surface area contributed by atoms with Crippen molar-refractivity contribution in [3.63, 3.8) is 0 Å². The number of carbonyl (C=O) groups excluding carboxylic acids is 6. The molecule has 0 bridgehead atoms. The van der Waals surface area contributed by atoms with Crippen molar-refractivity contribution in [3.05, 3.63) is 0 Å². The van der Waals surface area contributed by atoms with Gasteiger partial charge in [-0.25, -0.2) is 0 Å². The van der Waals surface area contributed by atoms with Gasteiger partial charge in [0, 0.05) is 53.7 Å². The molecule has 25 atom stereocenters. The number of Topliss-reactive ketones (excluding diaryl/α,β-unsaturated/α-hetero) is 1. The monoisotopic (exact) mass is 1140 g/mol. The maximum atomic E-state index is 13.3. The largest absolute Gasteiger partial charge is 0.435 e. The number of aliphatic hydroxyl groups is 9. The van der Waals surface area contributed by atoms with Gasteiger partial charge in [0.25, 0.3) is 6.47 Å². The van der Waals surface area contributed by atoms with E-state index in [4.69, 9.17) is 52.1 Å². The average molecular weight is 1140 g/mol. The summed E-state index contributed by atoms with van der Waals surface area (Å²) < 4.78 is 66.5. The fraction of sp³-hybridized carbons (Fsp3) is 0.878. The van der Waals surface area contributed by atoms with Crippen molar-refractivity contribution in [2.24, 2.45) is 0 Å². The summed E-state index contributed by atoms with van der Waals surface area (Å²) in [5.41, 5.74) is 0. The molecule has 5 fully saturated rings. The van der Waals surface area contributed by atoms with E-state index in [0.717, 1.165) is 13.8 Å². The van der Waals surface area contributed by atoms with Crippen LogP contribution in [-0.4, -0.2) is 256 Å². The number of ketones is 1. The quantitative estimate of drug-likeness (QED) is 0.0270. The lowest BCUT2D eigenvalue weighted by Crippen LogP contribution is -2.71. The van der Waals surface area contributed by atoms with Gasteiger partial charge in [-0.05, 0) is 46.5 Å². The Balaban J connectivity index is 1.46. The average Bonchev–Trinajstić information content (AvgIpc) is 3.57. The topological polar surface area (TPSA) is 434 Å². The molecule has 5 aliphatic heterocycles. The first kappa shape index (κ1) is 66.1. The predicted molar refractivity (Wildman–Crippen MR) is 262 cm³/mol. The van der Waals surface area contributed by atoms with Crippen molar-refractivity contribution in [2.45, 2.75) is 253 Å². The van der Waals surface area contributed by atoms with Gasteiger partial charge in [-0.2, -0.15) is 0 Å². The van der Waals surface area contributed by atoms with E-state index in [-0.39, 0.29) is 24.8 Å². The predicted octanol–water partition coefficient (Wildman–Crippen LogP) is -5.42. The number of rotatable bonds is 27. The summed E-state index contributed by atoms with van der Waals surface area (Å²) in [6, 6.07) is -4.52. The minimum atomic E-state index is -2.15. The van der Waals surface area contributed by atoms with Gasteiger partial charge in [-0.3, -0.25) is 28.8 Å². The Morgan fingerprint density at radius 1 is 0.468 bits per heavy atom. The van der Waals surface area contributed by atoms with Gasteiger partial charge < -0.3 is 119 Å². The molecular weight excluding hydrogens is 1060 g/mol. The van der Waals surface area contributed by atoms with Crippen molar-refractivity contribution >= 4 is 35.9 Å². The highest BCUT2D eigenvalue weighted by Gasteiger charge is 2.58. The number of hydrogen-bond acceptors (Lipinski definition) is 26. The Morgan fingerprint density at radius 3 is 1.59 bits per heavy atom. The third kappa shape index (κ3) is 17.6. The SMILES string of the molecule is CNC(=O)CCCCC(=O)CCCCCCO[C@@H]1OC(C)[C@@H](O)[C@H](O[C@@H]2OC(C)[C@@H](O[C@@H]3OC(CO)[C@@H](O)[C@H](O)C3O)[C@H](O[C@@H]3OC(OC=O)[C@@H](O)[C@H](O)C3O[C@@H]3OC(C)[C@@H](O)[C@H](O)C3NC(C)=O)C2NC(C)=O)C1NC(C)=O. The summed E-state index contributed by atoms with van der Waals surface area (Å²) in [5.74, 6) is -2.08. The van der Waals surface area contributed by atoms with Crippen LogP contribution in [0.4, 0.5) is 0 Å².